The number of halogens is 2. The highest BCUT2D eigenvalue weighted by Gasteiger charge is 2.11. The normalized spacial score (nSPS) is 10.3. The van der Waals surface area contributed by atoms with Gasteiger partial charge in [0.2, 0.25) is 0 Å². The number of Topliss-reactive ketones (excluding diaryl/α,β-unsaturated/α-hetero) is 1. The number of carbonyl (C=O) groups excluding carboxylic acids is 1. The Morgan fingerprint density at radius 1 is 1.22 bits per heavy atom. The van der Waals surface area contributed by atoms with E-state index in [0.29, 0.717) is 17.0 Å². The molecule has 0 unspecified atom stereocenters. The number of non-ortho nitro benzene ring substituents is 1. The Labute approximate surface area is 170 Å². The van der Waals surface area contributed by atoms with E-state index in [1.165, 1.54) is 23.5 Å². The van der Waals surface area contributed by atoms with Crippen molar-refractivity contribution in [2.24, 2.45) is 0 Å². The van der Waals surface area contributed by atoms with Gasteiger partial charge in [0, 0.05) is 40.2 Å². The van der Waals surface area contributed by atoms with E-state index in [-0.39, 0.29) is 35.2 Å². The average Bonchev–Trinajstić information content (AvgIpc) is 2.94. The Kier molecular flexibility index (Phi) is 6.90. The largest absolute Gasteiger partial charge is 0.316 e. The second kappa shape index (κ2) is 8.94. The third-order valence-corrected chi connectivity index (χ3v) is 4.96. The molecule has 0 aliphatic heterocycles. The molecule has 0 atom stereocenters. The molecule has 2 aromatic carbocycles. The van der Waals surface area contributed by atoms with Gasteiger partial charge < -0.3 is 4.57 Å². The summed E-state index contributed by atoms with van der Waals surface area (Å²) < 4.78 is 1.58. The smallest absolute Gasteiger partial charge is 0.269 e. The Hall–Kier alpha value is -2.48. The monoisotopic (exact) mass is 423 g/mol. The first kappa shape index (κ1) is 20.8. The predicted molar refractivity (Wildman–Crippen MR) is 107 cm³/mol. The van der Waals surface area contributed by atoms with E-state index < -0.39 is 4.92 Å². The number of nitro groups is 1. The fourth-order valence-electron chi connectivity index (χ4n) is 2.50. The molecule has 0 radical (unpaired) electrons. The molecule has 9 heteroatoms. The molecule has 0 fully saturated rings. The number of hydrogen-bond donors (Lipinski definition) is 1. The Morgan fingerprint density at radius 2 is 1.93 bits per heavy atom. The zero-order valence-corrected chi connectivity index (χ0v) is 16.3. The van der Waals surface area contributed by atoms with Gasteiger partial charge in [0.15, 0.2) is 10.6 Å². The minimum absolute atomic E-state index is 0. The highest BCUT2D eigenvalue weighted by molar-refractivity contribution is 7.09. The molecule has 0 bridgehead atoms. The summed E-state index contributed by atoms with van der Waals surface area (Å²) in [6, 6.07) is 13.0. The van der Waals surface area contributed by atoms with Crippen molar-refractivity contribution < 1.29 is 9.72 Å². The van der Waals surface area contributed by atoms with Gasteiger partial charge in [-0.2, -0.15) is 0 Å². The number of ketones is 1. The van der Waals surface area contributed by atoms with Crippen molar-refractivity contribution >= 4 is 46.8 Å². The second-order valence-corrected chi connectivity index (χ2v) is 7.22. The van der Waals surface area contributed by atoms with Crippen LogP contribution in [0, 0.1) is 15.5 Å². The van der Waals surface area contributed by atoms with Crippen molar-refractivity contribution in [2.45, 2.75) is 13.0 Å². The molecule has 1 N–H and O–H groups in total. The van der Waals surface area contributed by atoms with Crippen LogP contribution in [-0.4, -0.2) is 15.3 Å². The van der Waals surface area contributed by atoms with Crippen molar-refractivity contribution in [2.75, 3.05) is 0 Å². The number of nitro benzene ring substituents is 1. The fourth-order valence-corrected chi connectivity index (χ4v) is 3.53. The van der Waals surface area contributed by atoms with Crippen molar-refractivity contribution in [3.8, 4) is 0 Å². The summed E-state index contributed by atoms with van der Waals surface area (Å²) in [5, 5.41) is 19.5. The van der Waals surface area contributed by atoms with E-state index >= 15 is 0 Å². The maximum absolute atomic E-state index is 12.3. The summed E-state index contributed by atoms with van der Waals surface area (Å²) in [5.74, 6) is -0.111. The van der Waals surface area contributed by atoms with Crippen LogP contribution in [0.1, 0.15) is 20.8 Å². The van der Waals surface area contributed by atoms with Crippen LogP contribution in [0.3, 0.4) is 0 Å². The van der Waals surface area contributed by atoms with Crippen LogP contribution < -0.4 is 4.80 Å². The highest BCUT2D eigenvalue weighted by atomic mass is 35.5. The Morgan fingerprint density at radius 3 is 2.59 bits per heavy atom. The number of carbonyl (C=O) groups is 1. The first-order chi connectivity index (χ1) is 12.4. The van der Waals surface area contributed by atoms with Crippen molar-refractivity contribution in [1.29, 1.82) is 5.41 Å². The number of nitrogens with zero attached hydrogens (tertiary/aromatic N) is 2. The molecule has 0 saturated carbocycles. The van der Waals surface area contributed by atoms with Crippen LogP contribution in [0.25, 0.3) is 0 Å². The summed E-state index contributed by atoms with van der Waals surface area (Å²) in [6.07, 6.45) is 2.22. The minimum Gasteiger partial charge on any atom is -0.316 e. The Bertz CT molecular complexity index is 1030. The lowest BCUT2D eigenvalue weighted by Crippen LogP contribution is -2.18. The predicted octanol–water partition coefficient (Wildman–Crippen LogP) is 4.49. The lowest BCUT2D eigenvalue weighted by Gasteiger charge is -2.02. The molecule has 0 aliphatic rings. The molecule has 0 amide bonds. The van der Waals surface area contributed by atoms with Gasteiger partial charge in [-0.05, 0) is 29.8 Å². The minimum atomic E-state index is -0.432. The summed E-state index contributed by atoms with van der Waals surface area (Å²) in [5.41, 5.74) is 1.36. The van der Waals surface area contributed by atoms with E-state index in [0.717, 1.165) is 10.4 Å². The molecule has 6 nitrogen and oxygen atoms in total. The van der Waals surface area contributed by atoms with Gasteiger partial charge in [0.1, 0.15) is 0 Å². The average molecular weight is 424 g/mol. The van der Waals surface area contributed by atoms with Crippen molar-refractivity contribution in [3.05, 3.63) is 90.7 Å². The van der Waals surface area contributed by atoms with Crippen LogP contribution in [0.2, 0.25) is 5.02 Å². The van der Waals surface area contributed by atoms with E-state index in [1.807, 2.05) is 0 Å². The first-order valence-electron chi connectivity index (χ1n) is 7.68. The van der Waals surface area contributed by atoms with Gasteiger partial charge in [-0.1, -0.05) is 23.7 Å². The Balaban J connectivity index is 0.00000261. The lowest BCUT2D eigenvalue weighted by atomic mass is 10.1. The summed E-state index contributed by atoms with van der Waals surface area (Å²) in [7, 11) is 0. The van der Waals surface area contributed by atoms with Gasteiger partial charge >= 0.3 is 0 Å². The number of nitrogens with one attached hydrogen (secondary N) is 1. The van der Waals surface area contributed by atoms with Crippen molar-refractivity contribution in [3.63, 3.8) is 0 Å². The molecule has 0 spiro atoms. The van der Waals surface area contributed by atoms with Gasteiger partial charge in [-0.15, -0.1) is 23.7 Å². The van der Waals surface area contributed by atoms with Crippen LogP contribution in [0.4, 0.5) is 5.69 Å². The maximum Gasteiger partial charge on any atom is 0.269 e. The first-order valence-corrected chi connectivity index (χ1v) is 8.87. The maximum atomic E-state index is 12.3. The van der Waals surface area contributed by atoms with Crippen LogP contribution in [0.15, 0.2) is 54.7 Å². The zero-order valence-electron chi connectivity index (χ0n) is 13.9. The third kappa shape index (κ3) is 5.26. The van der Waals surface area contributed by atoms with E-state index in [1.54, 1.807) is 47.2 Å². The van der Waals surface area contributed by atoms with Gasteiger partial charge in [0.05, 0.1) is 11.5 Å². The summed E-state index contributed by atoms with van der Waals surface area (Å²) in [4.78, 5) is 23.9. The molecule has 27 heavy (non-hydrogen) atoms. The van der Waals surface area contributed by atoms with Crippen molar-refractivity contribution in [1.82, 2.24) is 4.57 Å². The number of hydrogen-bond acceptors (Lipinski definition) is 5. The van der Waals surface area contributed by atoms with Crippen LogP contribution >= 0.6 is 35.3 Å². The van der Waals surface area contributed by atoms with E-state index in [4.69, 9.17) is 17.0 Å². The molecular weight excluding hydrogens is 409 g/mol. The molecular formula is C18H15Cl2N3O3S. The number of aromatic nitrogens is 1. The third-order valence-electron chi connectivity index (χ3n) is 3.77. The number of rotatable bonds is 6. The topological polar surface area (TPSA) is 89.0 Å². The number of benzene rings is 2. The van der Waals surface area contributed by atoms with Gasteiger partial charge in [0.25, 0.3) is 5.69 Å². The number of thiazole rings is 1. The summed E-state index contributed by atoms with van der Waals surface area (Å²) in [6.45, 7) is 0.0614. The molecule has 3 rings (SSSR count). The molecule has 1 heterocycles. The molecule has 3 aromatic rings. The second-order valence-electron chi connectivity index (χ2n) is 5.66. The highest BCUT2D eigenvalue weighted by Crippen LogP contribution is 2.18. The molecule has 1 aromatic heterocycles. The van der Waals surface area contributed by atoms with Gasteiger partial charge in [-0.25, -0.2) is 0 Å². The molecule has 0 saturated heterocycles. The quantitative estimate of drug-likeness (QED) is 0.359. The van der Waals surface area contributed by atoms with Gasteiger partial charge in [-0.3, -0.25) is 20.3 Å². The molecule has 0 aliphatic carbocycles. The van der Waals surface area contributed by atoms with Crippen LogP contribution in [-0.2, 0) is 13.0 Å². The lowest BCUT2D eigenvalue weighted by molar-refractivity contribution is -0.384. The fraction of sp³-hybridized carbons (Fsp3) is 0.111. The summed E-state index contributed by atoms with van der Waals surface area (Å²) >= 11 is 7.08. The standard InChI is InChI=1S/C18H14ClN3O3S.ClH/c19-14-6-4-13(5-7-14)17(23)11-21-10-16(26-18(21)20)9-12-2-1-3-15(8-12)22(24)25;/h1-8,10,20H,9,11H2;1H. The van der Waals surface area contributed by atoms with E-state index in [2.05, 4.69) is 0 Å². The van der Waals surface area contributed by atoms with E-state index in [9.17, 15) is 14.9 Å². The molecule has 140 valence electrons. The SMILES string of the molecule is Cl.N=c1sc(Cc2cccc([N+](=O)[O-])c2)cn1CC(=O)c1ccc(Cl)cc1. The van der Waals surface area contributed by atoms with Crippen LogP contribution in [0.5, 0.6) is 0 Å². The zero-order chi connectivity index (χ0) is 18.7.